The summed E-state index contributed by atoms with van der Waals surface area (Å²) in [5.74, 6) is -1.11. The number of hydrogen-bond donors (Lipinski definition) is 0. The quantitative estimate of drug-likeness (QED) is 0.517. The van der Waals surface area contributed by atoms with E-state index in [0.29, 0.717) is 13.1 Å². The summed E-state index contributed by atoms with van der Waals surface area (Å²) in [6, 6.07) is 29.5. The fourth-order valence-electron chi connectivity index (χ4n) is 4.27. The van der Waals surface area contributed by atoms with Crippen molar-refractivity contribution in [3.8, 4) is 0 Å². The van der Waals surface area contributed by atoms with Crippen molar-refractivity contribution in [3.05, 3.63) is 108 Å². The molecule has 1 aliphatic heterocycles. The number of amides is 1. The normalized spacial score (nSPS) is 15.3. The molecular weight excluding hydrogens is 412 g/mol. The van der Waals surface area contributed by atoms with Crippen molar-refractivity contribution in [1.82, 2.24) is 9.80 Å². The van der Waals surface area contributed by atoms with Crippen LogP contribution in [-0.4, -0.2) is 54.0 Å². The highest BCUT2D eigenvalue weighted by atomic mass is 16.5. The number of benzene rings is 3. The molecule has 1 amide bonds. The zero-order chi connectivity index (χ0) is 23.0. The van der Waals surface area contributed by atoms with Crippen molar-refractivity contribution in [2.45, 2.75) is 25.5 Å². The lowest BCUT2D eigenvalue weighted by Crippen LogP contribution is -2.51. The number of carbonyl (C=O) groups is 2. The average Bonchev–Trinajstić information content (AvgIpc) is 2.86. The Morgan fingerprint density at radius 1 is 0.758 bits per heavy atom. The van der Waals surface area contributed by atoms with Crippen LogP contribution < -0.4 is 0 Å². The lowest BCUT2D eigenvalue weighted by Gasteiger charge is -2.36. The van der Waals surface area contributed by atoms with E-state index in [2.05, 4.69) is 17.0 Å². The van der Waals surface area contributed by atoms with Gasteiger partial charge < -0.3 is 9.64 Å². The molecule has 33 heavy (non-hydrogen) atoms. The molecule has 170 valence electrons. The van der Waals surface area contributed by atoms with Gasteiger partial charge >= 0.3 is 5.97 Å². The van der Waals surface area contributed by atoms with E-state index in [1.54, 1.807) is 11.8 Å². The van der Waals surface area contributed by atoms with Crippen molar-refractivity contribution < 1.29 is 14.3 Å². The molecule has 0 saturated carbocycles. The molecule has 0 aromatic heterocycles. The third-order valence-corrected chi connectivity index (χ3v) is 6.08. The summed E-state index contributed by atoms with van der Waals surface area (Å²) in [6.45, 7) is 5.42. The molecule has 0 radical (unpaired) electrons. The van der Waals surface area contributed by atoms with E-state index in [1.165, 1.54) is 5.56 Å². The van der Waals surface area contributed by atoms with E-state index in [1.807, 2.05) is 78.9 Å². The van der Waals surface area contributed by atoms with Gasteiger partial charge in [-0.15, -0.1) is 0 Å². The van der Waals surface area contributed by atoms with Crippen LogP contribution in [0, 0.1) is 0 Å². The first-order valence-corrected chi connectivity index (χ1v) is 11.5. The summed E-state index contributed by atoms with van der Waals surface area (Å²) in [4.78, 5) is 30.4. The van der Waals surface area contributed by atoms with Crippen molar-refractivity contribution in [1.29, 1.82) is 0 Å². The maximum Gasteiger partial charge on any atom is 0.318 e. The Hall–Kier alpha value is -3.44. The highest BCUT2D eigenvalue weighted by Crippen LogP contribution is 2.26. The van der Waals surface area contributed by atoms with Gasteiger partial charge in [0, 0.05) is 32.7 Å². The molecular formula is C28H30N2O3. The van der Waals surface area contributed by atoms with E-state index in [-0.39, 0.29) is 5.91 Å². The topological polar surface area (TPSA) is 49.9 Å². The van der Waals surface area contributed by atoms with Gasteiger partial charge in [0.1, 0.15) is 5.92 Å². The molecule has 1 fully saturated rings. The van der Waals surface area contributed by atoms with Crippen LogP contribution in [0.3, 0.4) is 0 Å². The summed E-state index contributed by atoms with van der Waals surface area (Å²) in [6.07, 6.45) is -0.826. The number of ether oxygens (including phenoxy) is 1. The molecule has 1 atom stereocenters. The smallest absolute Gasteiger partial charge is 0.318 e. The van der Waals surface area contributed by atoms with Crippen molar-refractivity contribution in [2.24, 2.45) is 0 Å². The molecule has 0 aliphatic carbocycles. The van der Waals surface area contributed by atoms with Gasteiger partial charge in [-0.3, -0.25) is 14.5 Å². The van der Waals surface area contributed by atoms with Gasteiger partial charge in [-0.25, -0.2) is 0 Å². The third kappa shape index (κ3) is 5.88. The minimum Gasteiger partial charge on any atom is -0.452 e. The lowest BCUT2D eigenvalue weighted by atomic mass is 9.91. The molecule has 4 rings (SSSR count). The second kappa shape index (κ2) is 10.9. The number of rotatable bonds is 7. The Bertz CT molecular complexity index is 993. The Morgan fingerprint density at radius 3 is 1.76 bits per heavy atom. The maximum atomic E-state index is 13.2. The molecule has 0 unspecified atom stereocenters. The van der Waals surface area contributed by atoms with Gasteiger partial charge in [0.15, 0.2) is 6.10 Å². The summed E-state index contributed by atoms with van der Waals surface area (Å²) >= 11 is 0. The highest BCUT2D eigenvalue weighted by Gasteiger charge is 2.31. The number of hydrogen-bond acceptors (Lipinski definition) is 4. The number of piperazine rings is 1. The van der Waals surface area contributed by atoms with Gasteiger partial charge in [0.2, 0.25) is 0 Å². The Labute approximate surface area is 195 Å². The van der Waals surface area contributed by atoms with Crippen LogP contribution in [0.1, 0.15) is 29.5 Å². The first kappa shape index (κ1) is 22.7. The minimum absolute atomic E-state index is 0.136. The molecule has 3 aromatic rings. The second-order valence-corrected chi connectivity index (χ2v) is 8.42. The van der Waals surface area contributed by atoms with Crippen LogP contribution >= 0.6 is 0 Å². The van der Waals surface area contributed by atoms with Gasteiger partial charge in [-0.2, -0.15) is 0 Å². The number of carbonyl (C=O) groups excluding carboxylic acids is 2. The summed E-state index contributed by atoms with van der Waals surface area (Å²) < 4.78 is 5.72. The van der Waals surface area contributed by atoms with E-state index in [9.17, 15) is 9.59 Å². The maximum absolute atomic E-state index is 13.2. The molecule has 5 nitrogen and oxygen atoms in total. The summed E-state index contributed by atoms with van der Waals surface area (Å²) in [7, 11) is 0. The molecule has 1 saturated heterocycles. The zero-order valence-corrected chi connectivity index (χ0v) is 19.0. The number of nitrogens with zero attached hydrogens (tertiary/aromatic N) is 2. The van der Waals surface area contributed by atoms with E-state index in [4.69, 9.17) is 4.74 Å². The molecule has 3 aromatic carbocycles. The molecule has 0 bridgehead atoms. The summed E-state index contributed by atoms with van der Waals surface area (Å²) in [5.41, 5.74) is 2.97. The Kier molecular flexibility index (Phi) is 7.53. The van der Waals surface area contributed by atoms with Gasteiger partial charge in [0.05, 0.1) is 0 Å². The minimum atomic E-state index is -0.826. The summed E-state index contributed by atoms with van der Waals surface area (Å²) in [5, 5.41) is 0. The van der Waals surface area contributed by atoms with Crippen molar-refractivity contribution >= 4 is 11.9 Å². The van der Waals surface area contributed by atoms with Crippen LogP contribution in [0.25, 0.3) is 0 Å². The molecule has 5 heteroatoms. The molecule has 0 spiro atoms. The largest absolute Gasteiger partial charge is 0.452 e. The predicted molar refractivity (Wildman–Crippen MR) is 129 cm³/mol. The Balaban J connectivity index is 1.36. The molecule has 0 N–H and O–H groups in total. The number of esters is 1. The highest BCUT2D eigenvalue weighted by molar-refractivity contribution is 5.87. The lowest BCUT2D eigenvalue weighted by molar-refractivity contribution is -0.160. The predicted octanol–water partition coefficient (Wildman–Crippen LogP) is 4.09. The van der Waals surface area contributed by atoms with Gasteiger partial charge in [0.25, 0.3) is 5.91 Å². The first-order chi connectivity index (χ1) is 16.1. The van der Waals surface area contributed by atoms with Crippen LogP contribution in [0.4, 0.5) is 0 Å². The van der Waals surface area contributed by atoms with Crippen LogP contribution in [-0.2, 0) is 20.9 Å². The van der Waals surface area contributed by atoms with Gasteiger partial charge in [-0.05, 0) is 23.6 Å². The van der Waals surface area contributed by atoms with E-state index in [0.717, 1.165) is 30.8 Å². The fraction of sp³-hybridized carbons (Fsp3) is 0.286. The SMILES string of the molecule is C[C@H](OC(=O)C(c1ccccc1)c1ccccc1)C(=O)N1CCN(Cc2ccccc2)CC1. The van der Waals surface area contributed by atoms with E-state index >= 15 is 0 Å². The average molecular weight is 443 g/mol. The van der Waals surface area contributed by atoms with Crippen LogP contribution in [0.15, 0.2) is 91.0 Å². The van der Waals surface area contributed by atoms with Crippen LogP contribution in [0.5, 0.6) is 0 Å². The standard InChI is InChI=1S/C28H30N2O3/c1-22(27(31)30-19-17-29(18-20-30)21-23-11-5-2-6-12-23)33-28(32)26(24-13-7-3-8-14-24)25-15-9-4-10-16-25/h2-16,22,26H,17-21H2,1H3/t22-/m0/s1. The second-order valence-electron chi connectivity index (χ2n) is 8.42. The first-order valence-electron chi connectivity index (χ1n) is 11.5. The van der Waals surface area contributed by atoms with E-state index < -0.39 is 18.0 Å². The molecule has 1 aliphatic rings. The fourth-order valence-corrected chi connectivity index (χ4v) is 4.27. The van der Waals surface area contributed by atoms with Crippen molar-refractivity contribution in [2.75, 3.05) is 26.2 Å². The molecule has 1 heterocycles. The van der Waals surface area contributed by atoms with Crippen molar-refractivity contribution in [3.63, 3.8) is 0 Å². The third-order valence-electron chi connectivity index (χ3n) is 6.08. The zero-order valence-electron chi connectivity index (χ0n) is 19.0. The van der Waals surface area contributed by atoms with Crippen LogP contribution in [0.2, 0.25) is 0 Å². The monoisotopic (exact) mass is 442 g/mol. The van der Waals surface area contributed by atoms with Gasteiger partial charge in [-0.1, -0.05) is 91.0 Å². The Morgan fingerprint density at radius 2 is 1.24 bits per heavy atom.